The smallest absolute Gasteiger partial charge is 0.469 e. The molecule has 116 valence electrons. The van der Waals surface area contributed by atoms with E-state index >= 15 is 0 Å². The van der Waals surface area contributed by atoms with E-state index in [1.807, 2.05) is 0 Å². The van der Waals surface area contributed by atoms with Gasteiger partial charge in [-0.15, -0.1) is 0 Å². The first kappa shape index (κ1) is 22.8. The highest BCUT2D eigenvalue weighted by atomic mass is 29.2. The lowest BCUT2D eigenvalue weighted by Crippen LogP contribution is -2.41. The molecule has 0 heterocycles. The van der Waals surface area contributed by atoms with Crippen molar-refractivity contribution in [3.8, 4) is 0 Å². The zero-order valence-corrected chi connectivity index (χ0v) is 19.1. The van der Waals surface area contributed by atoms with E-state index < -0.39 is 81.5 Å². The number of rotatable bonds is 15. The van der Waals surface area contributed by atoms with Crippen molar-refractivity contribution in [2.24, 2.45) is 0 Å². The van der Waals surface area contributed by atoms with E-state index in [4.69, 9.17) is 27.7 Å². The summed E-state index contributed by atoms with van der Waals surface area (Å²) in [7, 11) is -9.57. The van der Waals surface area contributed by atoms with Crippen molar-refractivity contribution < 1.29 is 53.0 Å². The topological polar surface area (TPSA) is 159 Å². The van der Waals surface area contributed by atoms with Crippen molar-refractivity contribution in [3.05, 3.63) is 0 Å². The van der Waals surface area contributed by atoms with Crippen LogP contribution in [0, 0.1) is 0 Å². The van der Waals surface area contributed by atoms with E-state index in [2.05, 4.69) is 26.9 Å². The highest BCUT2D eigenvalue weighted by Crippen LogP contribution is 2.02. The molecule has 0 amide bonds. The third-order valence-corrected chi connectivity index (χ3v) is 9.49. The lowest BCUT2D eigenvalue weighted by molar-refractivity contribution is -0.163. The molecular weight excluding hydrogens is 457 g/mol. The second kappa shape index (κ2) is 15.4. The first-order valence-electron chi connectivity index (χ1n) is 4.53. The number of hydrogen-bond donors (Lipinski definition) is 3. The van der Waals surface area contributed by atoms with Gasteiger partial charge in [-0.1, -0.05) is 0 Å². The first-order valence-corrected chi connectivity index (χ1v) is 15.2. The summed E-state index contributed by atoms with van der Waals surface area (Å²) in [6.45, 7) is -1.70. The predicted molar refractivity (Wildman–Crippen MR) is 71.2 cm³/mol. The third-order valence-electron chi connectivity index (χ3n) is 1.17. The van der Waals surface area contributed by atoms with Gasteiger partial charge in [-0.2, -0.15) is 0 Å². The van der Waals surface area contributed by atoms with Crippen LogP contribution in [-0.4, -0.2) is 106 Å². The van der Waals surface area contributed by atoms with E-state index in [-0.39, 0.29) is 0 Å². The molecule has 0 aromatic carbocycles. The largest absolute Gasteiger partial charge is 0.561 e. The Labute approximate surface area is 145 Å². The molecule has 0 rings (SSSR count). The Morgan fingerprint density at radius 2 is 1.36 bits per heavy atom. The first-order chi connectivity index (χ1) is 10.6. The van der Waals surface area contributed by atoms with Crippen molar-refractivity contribution in [2.45, 2.75) is 6.48 Å². The average molecular weight is 461 g/mol. The Morgan fingerprint density at radius 3 is 1.73 bits per heavy atom. The number of hydrogen-bond acceptors (Lipinski definition) is 12. The van der Waals surface area contributed by atoms with Gasteiger partial charge in [0.15, 0.2) is 0 Å². The van der Waals surface area contributed by atoms with Crippen LogP contribution in [-0.2, 0) is 38.7 Å². The summed E-state index contributed by atoms with van der Waals surface area (Å²) in [5.41, 5.74) is 0. The summed E-state index contributed by atoms with van der Waals surface area (Å²) in [5.74, 6) is 0. The highest BCUT2D eigenvalue weighted by Gasteiger charge is 2.30. The van der Waals surface area contributed by atoms with Gasteiger partial charge in [0.05, 0.1) is 0 Å². The SMILES string of the molecule is O=[Si](OC(O[Si](O[Si])O[Si]O)O[Si](=O)[Si]O[Si]O)[Si]O[Si]O. The van der Waals surface area contributed by atoms with E-state index in [0.29, 0.717) is 0 Å². The Balaban J connectivity index is 4.52. The van der Waals surface area contributed by atoms with Crippen LogP contribution >= 0.6 is 0 Å². The van der Waals surface area contributed by atoms with E-state index in [9.17, 15) is 8.92 Å². The zero-order chi connectivity index (χ0) is 16.8. The fourth-order valence-corrected chi connectivity index (χ4v) is 7.23. The molecule has 0 aliphatic rings. The summed E-state index contributed by atoms with van der Waals surface area (Å²) in [6.07, 6.45) is 0. The van der Waals surface area contributed by atoms with Crippen LogP contribution in [0.5, 0.6) is 0 Å². The second-order valence-corrected chi connectivity index (χ2v) is 12.6. The van der Waals surface area contributed by atoms with Gasteiger partial charge < -0.3 is 53.0 Å². The fourth-order valence-electron chi connectivity index (χ4n) is 0.609. The Kier molecular flexibility index (Phi) is 15.9. The third kappa shape index (κ3) is 12.3. The van der Waals surface area contributed by atoms with Crippen LogP contribution in [0.25, 0.3) is 0 Å². The molecular formula is CH4O12Si9. The molecule has 22 heavy (non-hydrogen) atoms. The van der Waals surface area contributed by atoms with Crippen molar-refractivity contribution in [1.82, 2.24) is 0 Å². The molecule has 0 spiro atoms. The molecule has 14 radical (unpaired) electrons. The van der Waals surface area contributed by atoms with Gasteiger partial charge in [-0.05, 0) is 0 Å². The monoisotopic (exact) mass is 460 g/mol. The molecule has 3 N–H and O–H groups in total. The van der Waals surface area contributed by atoms with Gasteiger partial charge in [0.2, 0.25) is 10.5 Å². The van der Waals surface area contributed by atoms with Crippen LogP contribution in [0.2, 0.25) is 0 Å². The van der Waals surface area contributed by atoms with Crippen LogP contribution in [0.15, 0.2) is 0 Å². The molecule has 0 aliphatic carbocycles. The summed E-state index contributed by atoms with van der Waals surface area (Å²) in [6, 6.07) is 0. The van der Waals surface area contributed by atoms with Crippen molar-refractivity contribution >= 4 is 85.5 Å². The minimum Gasteiger partial charge on any atom is -0.469 e. The Hall–Kier alpha value is 0.832. The zero-order valence-electron chi connectivity index (χ0n) is 10.1. The predicted octanol–water partition coefficient (Wildman–Crippen LogP) is -5.90. The molecule has 0 fully saturated rings. The van der Waals surface area contributed by atoms with Crippen LogP contribution in [0.3, 0.4) is 0 Å². The lowest BCUT2D eigenvalue weighted by atomic mass is 11.4. The van der Waals surface area contributed by atoms with Gasteiger partial charge in [-0.3, -0.25) is 0 Å². The maximum absolute atomic E-state index is 11.5. The molecule has 0 bridgehead atoms. The summed E-state index contributed by atoms with van der Waals surface area (Å²) >= 11 is 0. The Morgan fingerprint density at radius 1 is 0.864 bits per heavy atom. The minimum atomic E-state index is -2.81. The van der Waals surface area contributed by atoms with Crippen molar-refractivity contribution in [3.63, 3.8) is 0 Å². The normalized spacial score (nSPS) is 11.0. The maximum atomic E-state index is 11.5. The van der Waals surface area contributed by atoms with Gasteiger partial charge >= 0.3 is 81.5 Å². The molecule has 12 nitrogen and oxygen atoms in total. The van der Waals surface area contributed by atoms with Crippen LogP contribution < -0.4 is 0 Å². The quantitative estimate of drug-likeness (QED) is 0.157. The summed E-state index contributed by atoms with van der Waals surface area (Å²) in [5, 5.41) is 0. The molecule has 0 unspecified atom stereocenters. The average Bonchev–Trinajstić information content (AvgIpc) is 2.50. The van der Waals surface area contributed by atoms with Gasteiger partial charge in [0.25, 0.3) is 0 Å². The molecule has 0 aromatic heterocycles. The van der Waals surface area contributed by atoms with Crippen LogP contribution in [0.4, 0.5) is 0 Å². The molecule has 0 aliphatic heterocycles. The minimum absolute atomic E-state index is 0.667. The van der Waals surface area contributed by atoms with E-state index in [0.717, 1.165) is 0 Å². The van der Waals surface area contributed by atoms with E-state index in [1.54, 1.807) is 0 Å². The van der Waals surface area contributed by atoms with Crippen LogP contribution in [0.1, 0.15) is 0 Å². The van der Waals surface area contributed by atoms with E-state index in [1.165, 1.54) is 0 Å². The fraction of sp³-hybridized carbons (Fsp3) is 1.00. The molecule has 21 heteroatoms. The van der Waals surface area contributed by atoms with Gasteiger partial charge in [0, 0.05) is 0 Å². The Bertz CT molecular complexity index is 291. The molecule has 0 saturated heterocycles. The standard InChI is InChI=1S/CH4O12Si9/c2-15-11-18-20(5)7-1(8-21(6)19-12-16-3)9-22(10-14)13-17-4/h1-4H. The molecule has 0 saturated carbocycles. The second-order valence-electron chi connectivity index (χ2n) is 2.35. The molecule has 0 aromatic rings. The maximum Gasteiger partial charge on any atom is 0.561 e. The van der Waals surface area contributed by atoms with Gasteiger partial charge in [-0.25, -0.2) is 0 Å². The van der Waals surface area contributed by atoms with Crippen molar-refractivity contribution in [2.75, 3.05) is 0 Å². The van der Waals surface area contributed by atoms with Gasteiger partial charge in [0.1, 0.15) is 0 Å². The summed E-state index contributed by atoms with van der Waals surface area (Å²) in [4.78, 5) is 25.6. The van der Waals surface area contributed by atoms with Crippen molar-refractivity contribution in [1.29, 1.82) is 0 Å². The highest BCUT2D eigenvalue weighted by molar-refractivity contribution is 6.99. The summed E-state index contributed by atoms with van der Waals surface area (Å²) < 4.78 is 56.0. The molecule has 0 atom stereocenters. The lowest BCUT2D eigenvalue weighted by Gasteiger charge is -2.21.